The van der Waals surface area contributed by atoms with Crippen LogP contribution in [0.5, 0.6) is 0 Å². The van der Waals surface area contributed by atoms with Gasteiger partial charge in [-0.15, -0.1) is 11.8 Å². The van der Waals surface area contributed by atoms with E-state index in [0.29, 0.717) is 55.5 Å². The van der Waals surface area contributed by atoms with Gasteiger partial charge in [0.2, 0.25) is 5.91 Å². The van der Waals surface area contributed by atoms with Crippen LogP contribution in [0.3, 0.4) is 0 Å². The van der Waals surface area contributed by atoms with E-state index in [1.165, 1.54) is 36.7 Å². The lowest BCUT2D eigenvalue weighted by atomic mass is 9.78. The number of fused-ring (bicyclic) bond motifs is 1. The number of anilines is 1. The number of allylic oxidation sites excluding steroid dienone is 1. The third-order valence-corrected chi connectivity index (χ3v) is 14.1. The van der Waals surface area contributed by atoms with Gasteiger partial charge in [-0.05, 0) is 98.6 Å². The standard InChI is InChI=1S/C37H51F2N5O3S/c1-3-30(45)24-16-29-33-28(12-14-43(29)36(46)23-8-11-32(40-18-23)37(2,38)39)44(26-9-6-22(7-10-26)21-4-5-21)42-34(33)31(17-24)47-20-25-19-41-35-27(25)13-15-48-35/h3,6-7,9-10,21,23-25,27-29,31-35,40-42H,1,4-5,8,11-20H2,2H3. The molecule has 1 amide bonds. The lowest BCUT2D eigenvalue weighted by Gasteiger charge is -2.47. The number of benzene rings is 1. The summed E-state index contributed by atoms with van der Waals surface area (Å²) >= 11 is 2.02. The molecule has 11 atom stereocenters. The molecule has 48 heavy (non-hydrogen) atoms. The molecule has 11 unspecified atom stereocenters. The smallest absolute Gasteiger partial charge is 0.260 e. The molecular formula is C37H51F2N5O3S. The zero-order chi connectivity index (χ0) is 33.2. The van der Waals surface area contributed by atoms with Crippen molar-refractivity contribution in [2.75, 3.05) is 37.0 Å². The van der Waals surface area contributed by atoms with Crippen LogP contribution in [0.25, 0.3) is 0 Å². The van der Waals surface area contributed by atoms with Gasteiger partial charge in [-0.1, -0.05) is 18.7 Å². The molecule has 2 saturated carbocycles. The number of nitrogens with one attached hydrogen (secondary N) is 3. The maximum Gasteiger partial charge on any atom is 0.260 e. The van der Waals surface area contributed by atoms with Crippen LogP contribution in [-0.2, 0) is 14.3 Å². The number of hydrogen-bond acceptors (Lipinski definition) is 8. The Bertz CT molecular complexity index is 1370. The number of hydrazine groups is 1. The maximum absolute atomic E-state index is 14.3. The fraction of sp³-hybridized carbons (Fsp3) is 0.730. The summed E-state index contributed by atoms with van der Waals surface area (Å²) in [6.07, 6.45) is 7.62. The number of alkyl halides is 2. The number of ether oxygens (including phenoxy) is 1. The van der Waals surface area contributed by atoms with E-state index < -0.39 is 12.0 Å². The highest BCUT2D eigenvalue weighted by atomic mass is 32.2. The first kappa shape index (κ1) is 33.1. The van der Waals surface area contributed by atoms with E-state index in [-0.39, 0.29) is 66.6 Å². The van der Waals surface area contributed by atoms with Crippen LogP contribution in [-0.4, -0.2) is 90.2 Å². The second-order valence-corrected chi connectivity index (χ2v) is 16.9. The molecule has 5 heterocycles. The highest BCUT2D eigenvalue weighted by molar-refractivity contribution is 8.00. The van der Waals surface area contributed by atoms with Crippen LogP contribution < -0.4 is 21.1 Å². The SMILES string of the molecule is C=CC(=O)C1CC(OCC2CNC3SCCC23)C2NN(c3ccc(C4CC4)cc3)C3CCN(C(=O)C4CCC(C(C)(F)F)NC4)C(C1)C23. The van der Waals surface area contributed by atoms with E-state index in [4.69, 9.17) is 4.74 Å². The van der Waals surface area contributed by atoms with Crippen LogP contribution in [0.1, 0.15) is 69.8 Å². The van der Waals surface area contributed by atoms with Gasteiger partial charge in [-0.2, -0.15) is 0 Å². The van der Waals surface area contributed by atoms with E-state index in [2.05, 4.69) is 51.9 Å². The van der Waals surface area contributed by atoms with Crippen molar-refractivity contribution in [3.63, 3.8) is 0 Å². The molecular weight excluding hydrogens is 633 g/mol. The average Bonchev–Trinajstić information content (AvgIpc) is 3.59. The molecule has 11 heteroatoms. The van der Waals surface area contributed by atoms with Crippen molar-refractivity contribution in [1.82, 2.24) is 21.0 Å². The van der Waals surface area contributed by atoms with Crippen LogP contribution in [0.2, 0.25) is 0 Å². The molecule has 7 aliphatic rings. The van der Waals surface area contributed by atoms with E-state index in [0.717, 1.165) is 25.6 Å². The second kappa shape index (κ2) is 13.2. The van der Waals surface area contributed by atoms with Crippen LogP contribution >= 0.6 is 11.8 Å². The van der Waals surface area contributed by atoms with Crippen molar-refractivity contribution in [3.8, 4) is 0 Å². The summed E-state index contributed by atoms with van der Waals surface area (Å²) in [6, 6.07) is 7.97. The molecule has 5 saturated heterocycles. The predicted octanol–water partition coefficient (Wildman–Crippen LogP) is 4.72. The largest absolute Gasteiger partial charge is 0.376 e. The average molecular weight is 684 g/mol. The molecule has 0 radical (unpaired) electrons. The molecule has 8 nitrogen and oxygen atoms in total. The highest BCUT2D eigenvalue weighted by Gasteiger charge is 2.57. The molecule has 7 fully saturated rings. The van der Waals surface area contributed by atoms with Gasteiger partial charge in [0.1, 0.15) is 0 Å². The van der Waals surface area contributed by atoms with E-state index in [1.807, 2.05) is 16.7 Å². The summed E-state index contributed by atoms with van der Waals surface area (Å²) in [6.45, 7) is 7.24. The van der Waals surface area contributed by atoms with Gasteiger partial charge in [0.25, 0.3) is 5.92 Å². The third-order valence-electron chi connectivity index (χ3n) is 12.8. The highest BCUT2D eigenvalue weighted by Crippen LogP contribution is 2.47. The minimum atomic E-state index is -2.82. The molecule has 262 valence electrons. The molecule has 1 aromatic rings. The van der Waals surface area contributed by atoms with Crippen molar-refractivity contribution in [2.45, 2.75) is 106 Å². The number of carbonyl (C=O) groups excluding carboxylic acids is 2. The number of piperidine rings is 2. The van der Waals surface area contributed by atoms with E-state index in [9.17, 15) is 18.4 Å². The zero-order valence-corrected chi connectivity index (χ0v) is 28.8. The number of ketones is 1. The minimum absolute atomic E-state index is 0.00718. The predicted molar refractivity (Wildman–Crippen MR) is 184 cm³/mol. The van der Waals surface area contributed by atoms with Crippen LogP contribution in [0, 0.1) is 29.6 Å². The Kier molecular flexibility index (Phi) is 9.14. The van der Waals surface area contributed by atoms with Crippen LogP contribution in [0.15, 0.2) is 36.9 Å². The van der Waals surface area contributed by atoms with Gasteiger partial charge in [-0.25, -0.2) is 14.2 Å². The van der Waals surface area contributed by atoms with Gasteiger partial charge in [-0.3, -0.25) is 9.59 Å². The molecule has 0 spiro atoms. The summed E-state index contributed by atoms with van der Waals surface area (Å²) in [7, 11) is 0. The molecule has 0 bridgehead atoms. The number of carbonyl (C=O) groups is 2. The van der Waals surface area contributed by atoms with Crippen molar-refractivity contribution in [2.24, 2.45) is 29.6 Å². The van der Waals surface area contributed by atoms with Gasteiger partial charge >= 0.3 is 0 Å². The van der Waals surface area contributed by atoms with Gasteiger partial charge in [0.15, 0.2) is 5.78 Å². The number of halogens is 2. The number of thioether (sulfide) groups is 1. The number of nitrogens with zero attached hydrogens (tertiary/aromatic N) is 2. The summed E-state index contributed by atoms with van der Waals surface area (Å²) < 4.78 is 35.1. The van der Waals surface area contributed by atoms with Crippen molar-refractivity contribution in [1.29, 1.82) is 0 Å². The number of hydrogen-bond donors (Lipinski definition) is 3. The van der Waals surface area contributed by atoms with Crippen molar-refractivity contribution in [3.05, 3.63) is 42.5 Å². The molecule has 1 aromatic carbocycles. The minimum Gasteiger partial charge on any atom is -0.376 e. The summed E-state index contributed by atoms with van der Waals surface area (Å²) in [5.41, 5.74) is 6.44. The van der Waals surface area contributed by atoms with Crippen LogP contribution in [0.4, 0.5) is 14.5 Å². The van der Waals surface area contributed by atoms with E-state index in [1.54, 1.807) is 0 Å². The van der Waals surface area contributed by atoms with Gasteiger partial charge in [0, 0.05) is 44.4 Å². The monoisotopic (exact) mass is 683 g/mol. The van der Waals surface area contributed by atoms with Gasteiger partial charge < -0.3 is 25.3 Å². The topological polar surface area (TPSA) is 85.9 Å². The Morgan fingerprint density at radius 3 is 2.54 bits per heavy atom. The lowest BCUT2D eigenvalue weighted by Crippen LogP contribution is -2.60. The number of rotatable bonds is 9. The molecule has 0 aromatic heterocycles. The third kappa shape index (κ3) is 6.24. The Hall–Kier alpha value is -2.05. The zero-order valence-electron chi connectivity index (χ0n) is 28.0. The van der Waals surface area contributed by atoms with Crippen molar-refractivity contribution < 1.29 is 23.1 Å². The first-order chi connectivity index (χ1) is 23.2. The molecule has 3 N–H and O–H groups in total. The fourth-order valence-electron chi connectivity index (χ4n) is 9.96. The molecule has 2 aliphatic carbocycles. The molecule has 8 rings (SSSR count). The quantitative estimate of drug-likeness (QED) is 0.323. The normalized spacial score (nSPS) is 39.5. The summed E-state index contributed by atoms with van der Waals surface area (Å²) in [5.74, 6) is -0.451. The summed E-state index contributed by atoms with van der Waals surface area (Å²) in [5, 5.41) is 9.52. The Labute approximate surface area is 287 Å². The Morgan fingerprint density at radius 2 is 1.83 bits per heavy atom. The Balaban J connectivity index is 1.08. The lowest BCUT2D eigenvalue weighted by molar-refractivity contribution is -0.144. The number of likely N-dealkylation sites (tertiary alicyclic amines) is 1. The second-order valence-electron chi connectivity index (χ2n) is 15.7. The maximum atomic E-state index is 14.3. The first-order valence-electron chi connectivity index (χ1n) is 18.4. The van der Waals surface area contributed by atoms with E-state index >= 15 is 0 Å². The van der Waals surface area contributed by atoms with Gasteiger partial charge in [0.05, 0.1) is 47.8 Å². The first-order valence-corrected chi connectivity index (χ1v) is 19.4. The fourth-order valence-corrected chi connectivity index (χ4v) is 11.4. The Morgan fingerprint density at radius 1 is 1.02 bits per heavy atom. The van der Waals surface area contributed by atoms with Crippen molar-refractivity contribution >= 4 is 29.1 Å². The number of amides is 1. The molecule has 5 aliphatic heterocycles. The summed E-state index contributed by atoms with van der Waals surface area (Å²) in [4.78, 5) is 29.8.